The first kappa shape index (κ1) is 47.2. The van der Waals surface area contributed by atoms with Crippen molar-refractivity contribution in [1.82, 2.24) is 30.0 Å². The molecule has 0 aliphatic carbocycles. The molecular formula is C54H55N9O7S. The van der Waals surface area contributed by atoms with Gasteiger partial charge in [0.2, 0.25) is 17.7 Å². The second-order valence-electron chi connectivity index (χ2n) is 18.8. The zero-order valence-electron chi connectivity index (χ0n) is 39.9. The van der Waals surface area contributed by atoms with Gasteiger partial charge in [-0.1, -0.05) is 66.8 Å². The van der Waals surface area contributed by atoms with Crippen molar-refractivity contribution < 1.29 is 33.8 Å². The van der Waals surface area contributed by atoms with Gasteiger partial charge in [0.25, 0.3) is 5.91 Å². The number of aromatic carboxylic acids is 1. The van der Waals surface area contributed by atoms with Gasteiger partial charge in [0.15, 0.2) is 10.8 Å². The van der Waals surface area contributed by atoms with Crippen LogP contribution in [0.25, 0.3) is 32.2 Å². The van der Waals surface area contributed by atoms with Crippen LogP contribution in [0.1, 0.15) is 88.2 Å². The maximum atomic E-state index is 13.6. The van der Waals surface area contributed by atoms with Gasteiger partial charge in [0, 0.05) is 43.1 Å². The molecule has 17 heteroatoms. The van der Waals surface area contributed by atoms with Gasteiger partial charge in [-0.05, 0) is 129 Å². The summed E-state index contributed by atoms with van der Waals surface area (Å²) in [6.45, 7) is 7.56. The smallest absolute Gasteiger partial charge is 0.355 e. The normalized spacial score (nSPS) is 16.9. The molecule has 4 amide bonds. The number of carbonyl (C=O) groups excluding carboxylic acids is 4. The Labute approximate surface area is 414 Å². The Balaban J connectivity index is 0.730. The number of benzene rings is 4. The Hall–Kier alpha value is -7.50. The van der Waals surface area contributed by atoms with Crippen molar-refractivity contribution in [2.75, 3.05) is 48.3 Å². The number of rotatable bonds is 14. The van der Waals surface area contributed by atoms with E-state index in [2.05, 4.69) is 37.9 Å². The van der Waals surface area contributed by atoms with Gasteiger partial charge < -0.3 is 20.1 Å². The minimum atomic E-state index is -1.13. The SMILES string of the molecule is Cc1c(OCC[C@H](C)C2CCN(CC(=O)Nc3cccc4c(C5CCC(=O)NC5=O)nn(C)c34)CC2)cccc1-c1ccc(N2CCc3cccc(C(=O)Nc4nc5ccccc5s4)c3C2)nc1C(=O)O. The van der Waals surface area contributed by atoms with E-state index in [0.29, 0.717) is 83.6 Å². The Bertz CT molecular complexity index is 3200. The van der Waals surface area contributed by atoms with E-state index in [-0.39, 0.29) is 42.3 Å². The van der Waals surface area contributed by atoms with Crippen molar-refractivity contribution in [1.29, 1.82) is 0 Å². The number of carbonyl (C=O) groups is 5. The summed E-state index contributed by atoms with van der Waals surface area (Å²) in [5, 5.41) is 24.9. The third-order valence-corrected chi connectivity index (χ3v) is 15.3. The third-order valence-electron chi connectivity index (χ3n) is 14.4. The monoisotopic (exact) mass is 973 g/mol. The van der Waals surface area contributed by atoms with Crippen LogP contribution in [-0.4, -0.2) is 92.1 Å². The van der Waals surface area contributed by atoms with Crippen LogP contribution in [0.15, 0.2) is 91.0 Å². The van der Waals surface area contributed by atoms with Gasteiger partial charge in [0.05, 0.1) is 46.2 Å². The first-order chi connectivity index (χ1) is 34.4. The number of hydrogen-bond acceptors (Lipinski definition) is 12. The summed E-state index contributed by atoms with van der Waals surface area (Å²) in [6, 6.07) is 28.4. The number of nitrogens with one attached hydrogen (secondary N) is 3. The molecule has 2 fully saturated rings. The third kappa shape index (κ3) is 9.84. The summed E-state index contributed by atoms with van der Waals surface area (Å²) >= 11 is 1.43. The zero-order valence-corrected chi connectivity index (χ0v) is 40.7. The average molecular weight is 974 g/mol. The van der Waals surface area contributed by atoms with E-state index >= 15 is 0 Å². The molecule has 2 atom stereocenters. The van der Waals surface area contributed by atoms with Gasteiger partial charge in [-0.2, -0.15) is 5.10 Å². The van der Waals surface area contributed by atoms with Crippen LogP contribution in [0.5, 0.6) is 5.75 Å². The number of fused-ring (bicyclic) bond motifs is 3. The Kier molecular flexibility index (Phi) is 13.3. The number of carboxylic acids is 1. The van der Waals surface area contributed by atoms with Crippen LogP contribution in [0.4, 0.5) is 16.6 Å². The van der Waals surface area contributed by atoms with Crippen molar-refractivity contribution >= 4 is 78.7 Å². The van der Waals surface area contributed by atoms with E-state index in [4.69, 9.17) is 9.72 Å². The number of piperidine rings is 2. The van der Waals surface area contributed by atoms with E-state index < -0.39 is 11.9 Å². The molecule has 6 heterocycles. The largest absolute Gasteiger partial charge is 0.493 e. The fourth-order valence-corrected chi connectivity index (χ4v) is 11.3. The standard InChI is InChI=1S/C54H55N9O7S/c1-31(33-21-25-62(26-22-33)30-47(65)55-42-14-7-12-38-48(60-61(3)50(38)42)39-18-20-46(64)58-52(39)67)24-28-70-43-15-8-10-35(32(43)2)36-17-19-45(57-49(36)53(68)69)63-27-23-34-9-6-11-37(40(34)29-63)51(66)59-54-56-41-13-4-5-16-44(41)71-54/h4-17,19,31,33,39H,18,20-30H2,1-3H3,(H,55,65)(H,68,69)(H,56,59,66)(H,58,64,67)/t31-,39?/m0/s1. The highest BCUT2D eigenvalue weighted by atomic mass is 32.1. The minimum absolute atomic E-state index is 0.0562. The molecule has 0 bridgehead atoms. The number of likely N-dealkylation sites (tertiary alicyclic amines) is 1. The molecule has 1 unspecified atom stereocenters. The molecule has 0 radical (unpaired) electrons. The molecule has 3 aromatic heterocycles. The topological polar surface area (TPSA) is 201 Å². The number of carboxylic acid groups (broad SMARTS) is 1. The molecule has 364 valence electrons. The molecule has 3 aliphatic rings. The van der Waals surface area contributed by atoms with Crippen molar-refractivity contribution in [3.63, 3.8) is 0 Å². The molecule has 4 aromatic carbocycles. The molecule has 3 aliphatic heterocycles. The summed E-state index contributed by atoms with van der Waals surface area (Å²) in [5.74, 6) is -0.575. The number of hydrogen-bond donors (Lipinski definition) is 4. The molecule has 16 nitrogen and oxygen atoms in total. The van der Waals surface area contributed by atoms with Crippen LogP contribution in [0.2, 0.25) is 0 Å². The van der Waals surface area contributed by atoms with E-state index in [0.717, 1.165) is 75.7 Å². The number of amides is 4. The molecule has 7 aromatic rings. The van der Waals surface area contributed by atoms with E-state index in [1.165, 1.54) is 11.3 Å². The number of aryl methyl sites for hydroxylation is 1. The molecule has 4 N–H and O–H groups in total. The highest BCUT2D eigenvalue weighted by molar-refractivity contribution is 7.22. The van der Waals surface area contributed by atoms with Gasteiger partial charge in [-0.25, -0.2) is 14.8 Å². The first-order valence-electron chi connectivity index (χ1n) is 24.2. The summed E-state index contributed by atoms with van der Waals surface area (Å²) in [7, 11) is 1.79. The second kappa shape index (κ2) is 20.1. The lowest BCUT2D eigenvalue weighted by atomic mass is 9.84. The fraction of sp³-hybridized carbons (Fsp3) is 0.333. The lowest BCUT2D eigenvalue weighted by molar-refractivity contribution is -0.134. The van der Waals surface area contributed by atoms with Crippen LogP contribution >= 0.6 is 11.3 Å². The van der Waals surface area contributed by atoms with Crippen LogP contribution in [0.3, 0.4) is 0 Å². The summed E-state index contributed by atoms with van der Waals surface area (Å²) in [6.07, 6.45) is 4.08. The molecular weight excluding hydrogens is 919 g/mol. The Morgan fingerprint density at radius 2 is 1.69 bits per heavy atom. The summed E-state index contributed by atoms with van der Waals surface area (Å²) in [5.41, 5.74) is 7.29. The number of pyridine rings is 1. The Morgan fingerprint density at radius 3 is 2.49 bits per heavy atom. The molecule has 0 spiro atoms. The first-order valence-corrected chi connectivity index (χ1v) is 25.0. The number of nitrogens with zero attached hydrogens (tertiary/aromatic N) is 6. The predicted octanol–water partition coefficient (Wildman–Crippen LogP) is 8.34. The van der Waals surface area contributed by atoms with Crippen molar-refractivity contribution in [2.24, 2.45) is 18.9 Å². The molecule has 2 saturated heterocycles. The molecule has 10 rings (SSSR count). The van der Waals surface area contributed by atoms with E-state index in [1.54, 1.807) is 11.7 Å². The van der Waals surface area contributed by atoms with Gasteiger partial charge >= 0.3 is 5.97 Å². The molecule has 71 heavy (non-hydrogen) atoms. The van der Waals surface area contributed by atoms with Crippen LogP contribution in [0, 0.1) is 18.8 Å². The minimum Gasteiger partial charge on any atom is -0.493 e. The highest BCUT2D eigenvalue weighted by Crippen LogP contribution is 2.37. The number of imide groups is 1. The predicted molar refractivity (Wildman–Crippen MR) is 273 cm³/mol. The maximum Gasteiger partial charge on any atom is 0.355 e. The highest BCUT2D eigenvalue weighted by Gasteiger charge is 2.33. The maximum absolute atomic E-state index is 13.6. The van der Waals surface area contributed by atoms with Gasteiger partial charge in [0.1, 0.15) is 11.6 Å². The van der Waals surface area contributed by atoms with Gasteiger partial charge in [-0.3, -0.25) is 39.4 Å². The summed E-state index contributed by atoms with van der Waals surface area (Å²) in [4.78, 5) is 77.8. The van der Waals surface area contributed by atoms with Crippen molar-refractivity contribution in [3.05, 3.63) is 125 Å². The number of aromatic nitrogens is 4. The number of thiazole rings is 1. The summed E-state index contributed by atoms with van der Waals surface area (Å²) < 4.78 is 9.07. The number of anilines is 3. The van der Waals surface area contributed by atoms with Crippen LogP contribution in [-0.2, 0) is 34.4 Å². The number of para-hydroxylation sites is 2. The quantitative estimate of drug-likeness (QED) is 0.0761. The zero-order chi connectivity index (χ0) is 49.3. The fourth-order valence-electron chi connectivity index (χ4n) is 10.5. The Morgan fingerprint density at radius 1 is 0.887 bits per heavy atom. The van der Waals surface area contributed by atoms with E-state index in [1.807, 2.05) is 103 Å². The van der Waals surface area contributed by atoms with Gasteiger partial charge in [-0.15, -0.1) is 0 Å². The van der Waals surface area contributed by atoms with Crippen molar-refractivity contribution in [2.45, 2.75) is 64.8 Å². The lowest BCUT2D eigenvalue weighted by Crippen LogP contribution is -2.40. The van der Waals surface area contributed by atoms with Crippen molar-refractivity contribution in [3.8, 4) is 16.9 Å². The molecule has 0 saturated carbocycles. The average Bonchev–Trinajstić information content (AvgIpc) is 3.94. The van der Waals surface area contributed by atoms with E-state index in [9.17, 15) is 29.1 Å². The second-order valence-corrected chi connectivity index (χ2v) is 19.9. The lowest BCUT2D eigenvalue weighted by Gasteiger charge is -2.34. The number of ether oxygens (including phenoxy) is 1. The van der Waals surface area contributed by atoms with Crippen LogP contribution < -0.4 is 25.6 Å².